The van der Waals surface area contributed by atoms with Crippen LogP contribution in [0.4, 0.5) is 0 Å². The third-order valence-corrected chi connectivity index (χ3v) is 5.55. The molecule has 1 N–H and O–H groups in total. The first kappa shape index (κ1) is 17.8. The number of pyridine rings is 1. The van der Waals surface area contributed by atoms with Gasteiger partial charge in [0.15, 0.2) is 0 Å². The van der Waals surface area contributed by atoms with Crippen LogP contribution >= 0.6 is 0 Å². The summed E-state index contributed by atoms with van der Waals surface area (Å²) in [5.41, 5.74) is 0.987. The smallest absolute Gasteiger partial charge is 0.0988 e. The van der Waals surface area contributed by atoms with E-state index in [2.05, 4.69) is 28.6 Å². The van der Waals surface area contributed by atoms with Crippen LogP contribution in [0.3, 0.4) is 0 Å². The molecule has 0 aliphatic carbocycles. The summed E-state index contributed by atoms with van der Waals surface area (Å²) < 4.78 is 5.48. The number of hydrogen-bond donors (Lipinski definition) is 1. The summed E-state index contributed by atoms with van der Waals surface area (Å²) in [6.45, 7) is 11.6. The number of piperidine rings is 1. The average molecular weight is 333 g/mol. The molecule has 0 spiro atoms. The summed E-state index contributed by atoms with van der Waals surface area (Å²) in [7, 11) is 0. The number of hydrogen-bond acceptors (Lipinski definition) is 5. The molecule has 1 aromatic heterocycles. The second-order valence-electron chi connectivity index (χ2n) is 7.72. The largest absolute Gasteiger partial charge is 0.387 e. The van der Waals surface area contributed by atoms with Gasteiger partial charge in [0.1, 0.15) is 0 Å². The predicted molar refractivity (Wildman–Crippen MR) is 94.8 cm³/mol. The van der Waals surface area contributed by atoms with Gasteiger partial charge in [0.25, 0.3) is 0 Å². The maximum absolute atomic E-state index is 10.6. The van der Waals surface area contributed by atoms with Crippen LogP contribution in [0.5, 0.6) is 0 Å². The first-order chi connectivity index (χ1) is 11.6. The van der Waals surface area contributed by atoms with Crippen LogP contribution in [0.1, 0.15) is 38.5 Å². The summed E-state index contributed by atoms with van der Waals surface area (Å²) in [5.74, 6) is 0.322. The van der Waals surface area contributed by atoms with Crippen LogP contribution in [0.2, 0.25) is 0 Å². The van der Waals surface area contributed by atoms with Gasteiger partial charge in [-0.05, 0) is 57.8 Å². The Hall–Kier alpha value is -1.01. The minimum Gasteiger partial charge on any atom is -0.387 e. The molecule has 2 fully saturated rings. The van der Waals surface area contributed by atoms with Gasteiger partial charge in [-0.1, -0.05) is 6.07 Å². The Balaban J connectivity index is 1.49. The van der Waals surface area contributed by atoms with Crippen LogP contribution in [0.25, 0.3) is 0 Å². The number of nitrogens with zero attached hydrogens (tertiary/aromatic N) is 3. The maximum Gasteiger partial charge on any atom is 0.0988 e. The van der Waals surface area contributed by atoms with E-state index in [1.54, 1.807) is 6.20 Å². The monoisotopic (exact) mass is 333 g/mol. The summed E-state index contributed by atoms with van der Waals surface area (Å²) in [4.78, 5) is 9.41. The van der Waals surface area contributed by atoms with Crippen molar-refractivity contribution in [2.75, 3.05) is 45.9 Å². The van der Waals surface area contributed by atoms with Crippen molar-refractivity contribution >= 4 is 0 Å². The molecule has 0 aromatic carbocycles. The minimum atomic E-state index is -0.430. The van der Waals surface area contributed by atoms with Gasteiger partial charge >= 0.3 is 0 Å². The van der Waals surface area contributed by atoms with Crippen LogP contribution in [0, 0.1) is 5.92 Å². The molecule has 2 aliphatic rings. The van der Waals surface area contributed by atoms with Crippen molar-refractivity contribution in [3.63, 3.8) is 0 Å². The molecule has 134 valence electrons. The van der Waals surface area contributed by atoms with Crippen molar-refractivity contribution in [2.24, 2.45) is 5.92 Å². The van der Waals surface area contributed by atoms with Gasteiger partial charge in [-0.2, -0.15) is 0 Å². The molecule has 3 heterocycles. The SMILES string of the molecule is CC(C)(CN1CCC([C@@H](O)c2ccccn2)CC1)N1CCOCC1. The zero-order valence-electron chi connectivity index (χ0n) is 15.0. The molecule has 1 aromatic rings. The Bertz CT molecular complexity index is 495. The lowest BCUT2D eigenvalue weighted by atomic mass is 9.88. The number of ether oxygens (including phenoxy) is 1. The molecule has 5 nitrogen and oxygen atoms in total. The van der Waals surface area contributed by atoms with E-state index >= 15 is 0 Å². The molecule has 0 bridgehead atoms. The van der Waals surface area contributed by atoms with E-state index in [9.17, 15) is 5.11 Å². The third kappa shape index (κ3) is 4.33. The van der Waals surface area contributed by atoms with E-state index in [1.165, 1.54) is 0 Å². The van der Waals surface area contributed by atoms with E-state index in [0.29, 0.717) is 5.92 Å². The number of likely N-dealkylation sites (tertiary alicyclic amines) is 1. The third-order valence-electron chi connectivity index (χ3n) is 5.55. The summed E-state index contributed by atoms with van der Waals surface area (Å²) in [6.07, 6.45) is 3.41. The molecule has 1 atom stereocenters. The summed E-state index contributed by atoms with van der Waals surface area (Å²) in [6, 6.07) is 5.77. The predicted octanol–water partition coefficient (Wildman–Crippen LogP) is 1.94. The zero-order chi connectivity index (χ0) is 17.0. The lowest BCUT2D eigenvalue weighted by molar-refractivity contribution is -0.0284. The van der Waals surface area contributed by atoms with Gasteiger partial charge in [-0.15, -0.1) is 0 Å². The van der Waals surface area contributed by atoms with Crippen molar-refractivity contribution in [1.29, 1.82) is 0 Å². The first-order valence-corrected chi connectivity index (χ1v) is 9.20. The lowest BCUT2D eigenvalue weighted by Crippen LogP contribution is -2.56. The van der Waals surface area contributed by atoms with Crippen molar-refractivity contribution < 1.29 is 9.84 Å². The quantitative estimate of drug-likeness (QED) is 0.892. The van der Waals surface area contributed by atoms with Gasteiger partial charge in [0.2, 0.25) is 0 Å². The fourth-order valence-electron chi connectivity index (χ4n) is 4.04. The molecule has 2 saturated heterocycles. The topological polar surface area (TPSA) is 48.8 Å². The fraction of sp³-hybridized carbons (Fsp3) is 0.737. The van der Waals surface area contributed by atoms with Gasteiger partial charge in [-0.3, -0.25) is 9.88 Å². The summed E-state index contributed by atoms with van der Waals surface area (Å²) in [5, 5.41) is 10.6. The molecule has 5 heteroatoms. The average Bonchev–Trinajstić information content (AvgIpc) is 2.63. The summed E-state index contributed by atoms with van der Waals surface area (Å²) >= 11 is 0. The Morgan fingerprint density at radius 3 is 2.54 bits per heavy atom. The van der Waals surface area contributed by atoms with Crippen LogP contribution in [0.15, 0.2) is 24.4 Å². The first-order valence-electron chi connectivity index (χ1n) is 9.20. The van der Waals surface area contributed by atoms with Crippen molar-refractivity contribution in [1.82, 2.24) is 14.8 Å². The second-order valence-corrected chi connectivity index (χ2v) is 7.72. The highest BCUT2D eigenvalue weighted by molar-refractivity contribution is 5.08. The zero-order valence-corrected chi connectivity index (χ0v) is 15.0. The van der Waals surface area contributed by atoms with E-state index in [-0.39, 0.29) is 5.54 Å². The Labute approximate surface area is 145 Å². The van der Waals surface area contributed by atoms with E-state index in [1.807, 2.05) is 18.2 Å². The van der Waals surface area contributed by atoms with Gasteiger partial charge in [0, 0.05) is 31.4 Å². The van der Waals surface area contributed by atoms with Crippen molar-refractivity contribution in [3.05, 3.63) is 30.1 Å². The number of rotatable bonds is 5. The highest BCUT2D eigenvalue weighted by Crippen LogP contribution is 2.30. The molecule has 3 rings (SSSR count). The molecule has 24 heavy (non-hydrogen) atoms. The minimum absolute atomic E-state index is 0.177. The van der Waals surface area contributed by atoms with Crippen molar-refractivity contribution in [2.45, 2.75) is 38.3 Å². The number of aromatic nitrogens is 1. The van der Waals surface area contributed by atoms with E-state index < -0.39 is 6.10 Å². The maximum atomic E-state index is 10.6. The van der Waals surface area contributed by atoms with Gasteiger partial charge in [0.05, 0.1) is 25.0 Å². The Kier molecular flexibility index (Phi) is 5.87. The number of morpholine rings is 1. The van der Waals surface area contributed by atoms with Crippen LogP contribution < -0.4 is 0 Å². The van der Waals surface area contributed by atoms with Gasteiger partial charge < -0.3 is 14.7 Å². The standard InChI is InChI=1S/C19H31N3O2/c1-19(2,22-11-13-24-14-12-22)15-21-9-6-16(7-10-21)18(23)17-5-3-4-8-20-17/h3-5,8,16,18,23H,6-7,9-15H2,1-2H3/t18-/m1/s1. The highest BCUT2D eigenvalue weighted by Gasteiger charge is 2.33. The lowest BCUT2D eigenvalue weighted by Gasteiger charge is -2.45. The molecule has 0 unspecified atom stereocenters. The second kappa shape index (κ2) is 7.91. The van der Waals surface area contributed by atoms with Crippen LogP contribution in [-0.4, -0.2) is 71.4 Å². The van der Waals surface area contributed by atoms with E-state index in [4.69, 9.17) is 4.74 Å². The normalized spacial score (nSPS) is 23.3. The molecule has 0 amide bonds. The van der Waals surface area contributed by atoms with Crippen LogP contribution in [-0.2, 0) is 4.74 Å². The number of aliphatic hydroxyl groups is 1. The Morgan fingerprint density at radius 1 is 1.21 bits per heavy atom. The van der Waals surface area contributed by atoms with Crippen molar-refractivity contribution in [3.8, 4) is 0 Å². The number of aliphatic hydroxyl groups excluding tert-OH is 1. The molecule has 2 aliphatic heterocycles. The molecular formula is C19H31N3O2. The molecule has 0 radical (unpaired) electrons. The molecular weight excluding hydrogens is 302 g/mol. The Morgan fingerprint density at radius 2 is 1.92 bits per heavy atom. The fourth-order valence-corrected chi connectivity index (χ4v) is 4.04. The highest BCUT2D eigenvalue weighted by atomic mass is 16.5. The molecule has 0 saturated carbocycles. The van der Waals surface area contributed by atoms with Gasteiger partial charge in [-0.25, -0.2) is 0 Å². The van der Waals surface area contributed by atoms with E-state index in [0.717, 1.165) is 64.5 Å².